The van der Waals surface area contributed by atoms with Crippen molar-refractivity contribution in [1.29, 1.82) is 0 Å². The molecule has 0 aromatic carbocycles. The molecule has 0 fully saturated rings. The molecular weight excluding hydrogens is 204 g/mol. The van der Waals surface area contributed by atoms with Gasteiger partial charge in [0, 0.05) is 24.9 Å². The van der Waals surface area contributed by atoms with Gasteiger partial charge in [0.05, 0.1) is 6.54 Å². The first-order valence-electron chi connectivity index (χ1n) is 5.62. The van der Waals surface area contributed by atoms with Crippen LogP contribution in [0.3, 0.4) is 0 Å². The summed E-state index contributed by atoms with van der Waals surface area (Å²) in [5.41, 5.74) is -0.315. The second-order valence-electron chi connectivity index (χ2n) is 5.39. The maximum absolute atomic E-state index is 11.8. The lowest BCUT2D eigenvalue weighted by molar-refractivity contribution is -0.129. The Morgan fingerprint density at radius 2 is 1.81 bits per heavy atom. The van der Waals surface area contributed by atoms with Gasteiger partial charge in [-0.25, -0.2) is 0 Å². The van der Waals surface area contributed by atoms with Crippen LogP contribution < -0.4 is 5.32 Å². The number of nitrogens with zero attached hydrogens (tertiary/aromatic N) is 1. The maximum atomic E-state index is 11.8. The van der Waals surface area contributed by atoms with Crippen LogP contribution in [0.2, 0.25) is 0 Å². The van der Waals surface area contributed by atoms with Gasteiger partial charge < -0.3 is 5.32 Å². The smallest absolute Gasteiger partial charge is 0.223 e. The van der Waals surface area contributed by atoms with Gasteiger partial charge in [0.25, 0.3) is 0 Å². The van der Waals surface area contributed by atoms with Crippen molar-refractivity contribution in [3.05, 3.63) is 0 Å². The van der Waals surface area contributed by atoms with Crippen LogP contribution in [0.15, 0.2) is 0 Å². The summed E-state index contributed by atoms with van der Waals surface area (Å²) in [5.74, 6) is 0.108. The molecule has 4 heteroatoms. The molecule has 0 radical (unpaired) electrons. The minimum atomic E-state index is -0.315. The fraction of sp³-hybridized carbons (Fsp3) is 0.833. The van der Waals surface area contributed by atoms with E-state index in [1.165, 1.54) is 0 Å². The van der Waals surface area contributed by atoms with Gasteiger partial charge in [0.15, 0.2) is 5.78 Å². The molecule has 0 saturated heterocycles. The first-order valence-corrected chi connectivity index (χ1v) is 5.62. The minimum Gasteiger partial charge on any atom is -0.359 e. The van der Waals surface area contributed by atoms with Gasteiger partial charge in [0.2, 0.25) is 5.91 Å². The molecule has 1 atom stereocenters. The van der Waals surface area contributed by atoms with Crippen molar-refractivity contribution in [2.45, 2.75) is 27.7 Å². The van der Waals surface area contributed by atoms with E-state index in [9.17, 15) is 9.59 Å². The van der Waals surface area contributed by atoms with Crippen LogP contribution in [0.5, 0.6) is 0 Å². The zero-order valence-corrected chi connectivity index (χ0v) is 11.3. The van der Waals surface area contributed by atoms with E-state index in [0.29, 0.717) is 13.1 Å². The molecule has 0 aliphatic rings. The van der Waals surface area contributed by atoms with Gasteiger partial charge in [-0.1, -0.05) is 27.7 Å². The molecule has 0 spiro atoms. The summed E-state index contributed by atoms with van der Waals surface area (Å²) >= 11 is 0. The molecule has 0 heterocycles. The van der Waals surface area contributed by atoms with Crippen molar-refractivity contribution in [3.8, 4) is 0 Å². The summed E-state index contributed by atoms with van der Waals surface area (Å²) in [4.78, 5) is 25.0. The topological polar surface area (TPSA) is 49.4 Å². The first-order chi connectivity index (χ1) is 7.18. The van der Waals surface area contributed by atoms with Crippen molar-refractivity contribution in [2.24, 2.45) is 11.3 Å². The quantitative estimate of drug-likeness (QED) is 0.761. The van der Waals surface area contributed by atoms with Crippen LogP contribution in [0.1, 0.15) is 27.7 Å². The summed E-state index contributed by atoms with van der Waals surface area (Å²) < 4.78 is 0. The zero-order valence-electron chi connectivity index (χ0n) is 11.3. The van der Waals surface area contributed by atoms with E-state index in [4.69, 9.17) is 0 Å². The average Bonchev–Trinajstić information content (AvgIpc) is 2.14. The third kappa shape index (κ3) is 5.26. The SMILES string of the molecule is CNC(=O)C(C)CN(C)CC(=O)C(C)(C)C. The number of ketones is 1. The minimum absolute atomic E-state index is 0.00931. The third-order valence-electron chi connectivity index (χ3n) is 2.53. The van der Waals surface area contributed by atoms with Crippen molar-refractivity contribution >= 4 is 11.7 Å². The van der Waals surface area contributed by atoms with E-state index in [-0.39, 0.29) is 23.0 Å². The van der Waals surface area contributed by atoms with E-state index >= 15 is 0 Å². The number of Topliss-reactive ketones (excluding diaryl/α,β-unsaturated/α-hetero) is 1. The number of carbonyl (C=O) groups excluding carboxylic acids is 2. The zero-order chi connectivity index (χ0) is 12.9. The largest absolute Gasteiger partial charge is 0.359 e. The molecule has 1 unspecified atom stereocenters. The Morgan fingerprint density at radius 3 is 2.19 bits per heavy atom. The van der Waals surface area contributed by atoms with Gasteiger partial charge in [-0.3, -0.25) is 14.5 Å². The molecule has 94 valence electrons. The van der Waals surface area contributed by atoms with E-state index in [1.807, 2.05) is 39.6 Å². The number of amides is 1. The molecule has 0 rings (SSSR count). The normalized spacial score (nSPS) is 13.7. The lowest BCUT2D eigenvalue weighted by Gasteiger charge is -2.24. The Morgan fingerprint density at radius 1 is 1.31 bits per heavy atom. The third-order valence-corrected chi connectivity index (χ3v) is 2.53. The molecule has 0 aliphatic carbocycles. The van der Waals surface area contributed by atoms with Crippen LogP contribution in [-0.4, -0.2) is 43.8 Å². The van der Waals surface area contributed by atoms with E-state index < -0.39 is 0 Å². The summed E-state index contributed by atoms with van der Waals surface area (Å²) in [7, 11) is 3.49. The predicted octanol–water partition coefficient (Wildman–Crippen LogP) is 0.915. The molecule has 0 aliphatic heterocycles. The number of likely N-dealkylation sites (N-methyl/N-ethyl adjacent to an activating group) is 1. The van der Waals surface area contributed by atoms with Crippen molar-refractivity contribution in [1.82, 2.24) is 10.2 Å². The Balaban J connectivity index is 4.14. The Hall–Kier alpha value is -0.900. The molecular formula is C12H24N2O2. The number of rotatable bonds is 5. The second-order valence-corrected chi connectivity index (χ2v) is 5.39. The van der Waals surface area contributed by atoms with E-state index in [2.05, 4.69) is 5.32 Å². The highest BCUT2D eigenvalue weighted by Gasteiger charge is 2.23. The van der Waals surface area contributed by atoms with Crippen LogP contribution in [-0.2, 0) is 9.59 Å². The molecule has 0 aromatic heterocycles. The number of hydrogen-bond donors (Lipinski definition) is 1. The second kappa shape index (κ2) is 5.99. The summed E-state index contributed by atoms with van der Waals surface area (Å²) in [5, 5.41) is 2.60. The summed E-state index contributed by atoms with van der Waals surface area (Å²) in [6, 6.07) is 0. The van der Waals surface area contributed by atoms with Crippen LogP contribution >= 0.6 is 0 Å². The predicted molar refractivity (Wildman–Crippen MR) is 65.2 cm³/mol. The standard InChI is InChI=1S/C12H24N2O2/c1-9(11(16)13-5)7-14(6)8-10(15)12(2,3)4/h9H,7-8H2,1-6H3,(H,13,16). The fourth-order valence-electron chi connectivity index (χ4n) is 1.34. The maximum Gasteiger partial charge on any atom is 0.223 e. The lowest BCUT2D eigenvalue weighted by atomic mass is 9.90. The number of nitrogens with one attached hydrogen (secondary N) is 1. The number of hydrogen-bond acceptors (Lipinski definition) is 3. The highest BCUT2D eigenvalue weighted by Crippen LogP contribution is 2.15. The van der Waals surface area contributed by atoms with Gasteiger partial charge >= 0.3 is 0 Å². The summed E-state index contributed by atoms with van der Waals surface area (Å²) in [6.45, 7) is 8.57. The van der Waals surface area contributed by atoms with Crippen molar-refractivity contribution in [2.75, 3.05) is 27.2 Å². The highest BCUT2D eigenvalue weighted by molar-refractivity contribution is 5.85. The van der Waals surface area contributed by atoms with Gasteiger partial charge in [0.1, 0.15) is 0 Å². The fourth-order valence-corrected chi connectivity index (χ4v) is 1.34. The molecule has 1 amide bonds. The molecule has 0 bridgehead atoms. The van der Waals surface area contributed by atoms with Crippen LogP contribution in [0.25, 0.3) is 0 Å². The molecule has 16 heavy (non-hydrogen) atoms. The molecule has 0 saturated carbocycles. The van der Waals surface area contributed by atoms with Gasteiger partial charge in [-0.05, 0) is 7.05 Å². The van der Waals surface area contributed by atoms with Crippen molar-refractivity contribution < 1.29 is 9.59 Å². The molecule has 4 nitrogen and oxygen atoms in total. The lowest BCUT2D eigenvalue weighted by Crippen LogP contribution is -2.39. The van der Waals surface area contributed by atoms with Gasteiger partial charge in [-0.2, -0.15) is 0 Å². The Bertz CT molecular complexity index is 256. The Kier molecular flexibility index (Phi) is 5.65. The Labute approximate surface area is 98.4 Å². The first kappa shape index (κ1) is 15.1. The molecule has 0 aromatic rings. The van der Waals surface area contributed by atoms with E-state index in [1.54, 1.807) is 7.05 Å². The monoisotopic (exact) mass is 228 g/mol. The van der Waals surface area contributed by atoms with E-state index in [0.717, 1.165) is 0 Å². The average molecular weight is 228 g/mol. The van der Waals surface area contributed by atoms with Gasteiger partial charge in [-0.15, -0.1) is 0 Å². The highest BCUT2D eigenvalue weighted by atomic mass is 16.2. The van der Waals surface area contributed by atoms with Crippen LogP contribution in [0.4, 0.5) is 0 Å². The molecule has 1 N–H and O–H groups in total. The number of carbonyl (C=O) groups is 2. The summed E-state index contributed by atoms with van der Waals surface area (Å²) in [6.07, 6.45) is 0. The van der Waals surface area contributed by atoms with Crippen molar-refractivity contribution in [3.63, 3.8) is 0 Å². The van der Waals surface area contributed by atoms with Crippen LogP contribution in [0, 0.1) is 11.3 Å².